The Morgan fingerprint density at radius 1 is 1.24 bits per heavy atom. The summed E-state index contributed by atoms with van der Waals surface area (Å²) >= 11 is 5.30. The molecule has 1 fully saturated rings. The van der Waals surface area contributed by atoms with Crippen LogP contribution in [0.15, 0.2) is 5.16 Å². The van der Waals surface area contributed by atoms with Gasteiger partial charge in [-0.2, -0.15) is 0 Å². The second kappa shape index (κ2) is 7.97. The summed E-state index contributed by atoms with van der Waals surface area (Å²) < 4.78 is 0. The summed E-state index contributed by atoms with van der Waals surface area (Å²) in [6.45, 7) is 0. The fourth-order valence-electron chi connectivity index (χ4n) is 2.18. The van der Waals surface area contributed by atoms with Crippen LogP contribution in [0.25, 0.3) is 0 Å². The molecule has 0 unspecified atom stereocenters. The van der Waals surface area contributed by atoms with Gasteiger partial charge < -0.3 is 14.8 Å². The number of carboxylic acids is 1. The Morgan fingerprint density at radius 3 is 2.24 bits per heavy atom. The summed E-state index contributed by atoms with van der Waals surface area (Å²) in [6, 6.07) is 0. The maximum Gasteiger partial charge on any atom is 0.361 e. The molecule has 0 atom stereocenters. The Bertz CT molecular complexity index is 442. The number of rotatable bonds is 6. The average molecular weight is 319 g/mol. The normalized spacial score (nSPS) is 22.5. The zero-order valence-electron chi connectivity index (χ0n) is 12.0. The van der Waals surface area contributed by atoms with Crippen molar-refractivity contribution in [1.82, 2.24) is 4.90 Å². The predicted molar refractivity (Wildman–Crippen MR) is 76.3 cm³/mol. The molecule has 1 N–H and O–H groups in total. The van der Waals surface area contributed by atoms with E-state index in [1.165, 1.54) is 0 Å². The van der Waals surface area contributed by atoms with E-state index in [0.717, 1.165) is 0 Å². The number of amides is 1. The van der Waals surface area contributed by atoms with Crippen molar-refractivity contribution in [3.8, 4) is 0 Å². The smallest absolute Gasteiger partial charge is 0.361 e. The van der Waals surface area contributed by atoms with E-state index in [9.17, 15) is 14.4 Å². The van der Waals surface area contributed by atoms with Gasteiger partial charge in [0.1, 0.15) is 6.10 Å². The molecule has 0 aromatic heterocycles. The standard InChI is InChI=1S/C13H19ClN2O5/c1-16(2)12(18)8-3-5-9(6-4-8)21-15-11(13(19)20)10(17)7-14/h8-9H,3-7H2,1-2H3,(H,19,20). The number of ketones is 1. The molecule has 8 heteroatoms. The molecule has 7 nitrogen and oxygen atoms in total. The van der Waals surface area contributed by atoms with Gasteiger partial charge in [0.05, 0.1) is 5.88 Å². The Hall–Kier alpha value is -1.63. The summed E-state index contributed by atoms with van der Waals surface area (Å²) in [7, 11) is 3.43. The SMILES string of the molecule is CN(C)C(=O)C1CCC(ON=C(C(=O)O)C(=O)CCl)CC1. The summed E-state index contributed by atoms with van der Waals surface area (Å²) in [5.41, 5.74) is -0.698. The van der Waals surface area contributed by atoms with Gasteiger partial charge in [-0.15, -0.1) is 11.6 Å². The van der Waals surface area contributed by atoms with Crippen LogP contribution in [-0.4, -0.2) is 59.5 Å². The minimum Gasteiger partial charge on any atom is -0.476 e. The molecule has 1 aliphatic carbocycles. The number of nitrogens with zero attached hydrogens (tertiary/aromatic N) is 2. The number of halogens is 1. The quantitative estimate of drug-likeness (QED) is 0.340. The van der Waals surface area contributed by atoms with Crippen LogP contribution >= 0.6 is 11.6 Å². The van der Waals surface area contributed by atoms with Crippen LogP contribution in [0.1, 0.15) is 25.7 Å². The summed E-state index contributed by atoms with van der Waals surface area (Å²) in [6.07, 6.45) is 2.21. The van der Waals surface area contributed by atoms with E-state index in [4.69, 9.17) is 21.5 Å². The highest BCUT2D eigenvalue weighted by atomic mass is 35.5. The molecule has 0 spiro atoms. The van der Waals surface area contributed by atoms with Gasteiger partial charge in [-0.25, -0.2) is 4.79 Å². The van der Waals surface area contributed by atoms with Crippen molar-refractivity contribution in [2.45, 2.75) is 31.8 Å². The van der Waals surface area contributed by atoms with Gasteiger partial charge in [0.2, 0.25) is 17.4 Å². The van der Waals surface area contributed by atoms with Crippen molar-refractivity contribution < 1.29 is 24.3 Å². The van der Waals surface area contributed by atoms with E-state index in [0.29, 0.717) is 25.7 Å². The lowest BCUT2D eigenvalue weighted by Crippen LogP contribution is -2.34. The molecule has 21 heavy (non-hydrogen) atoms. The third-order valence-corrected chi connectivity index (χ3v) is 3.59. The van der Waals surface area contributed by atoms with E-state index in [-0.39, 0.29) is 17.9 Å². The number of Topliss-reactive ketones (excluding diaryl/α,β-unsaturated/α-hetero) is 1. The number of oxime groups is 1. The summed E-state index contributed by atoms with van der Waals surface area (Å²) in [4.78, 5) is 40.6. The third kappa shape index (κ3) is 5.00. The molecule has 0 aromatic rings. The van der Waals surface area contributed by atoms with Crippen LogP contribution in [0.3, 0.4) is 0 Å². The van der Waals surface area contributed by atoms with Gasteiger partial charge in [-0.3, -0.25) is 9.59 Å². The first kappa shape index (κ1) is 17.4. The van der Waals surface area contributed by atoms with Crippen molar-refractivity contribution >= 4 is 35.0 Å². The van der Waals surface area contributed by atoms with Crippen molar-refractivity contribution in [3.63, 3.8) is 0 Å². The molecule has 118 valence electrons. The molecule has 0 heterocycles. The maximum atomic E-state index is 11.8. The van der Waals surface area contributed by atoms with E-state index >= 15 is 0 Å². The Morgan fingerprint density at radius 2 is 1.81 bits per heavy atom. The summed E-state index contributed by atoms with van der Waals surface area (Å²) in [5, 5.41) is 12.3. The maximum absolute atomic E-state index is 11.8. The van der Waals surface area contributed by atoms with Crippen molar-refractivity contribution in [2.24, 2.45) is 11.1 Å². The van der Waals surface area contributed by atoms with Gasteiger partial charge in [0, 0.05) is 20.0 Å². The molecule has 0 saturated heterocycles. The number of carbonyl (C=O) groups is 3. The molecule has 0 bridgehead atoms. The lowest BCUT2D eigenvalue weighted by Gasteiger charge is -2.28. The minimum absolute atomic E-state index is 0.0350. The fourth-order valence-corrected chi connectivity index (χ4v) is 2.31. The molecule has 0 aliphatic heterocycles. The number of alkyl halides is 1. The van der Waals surface area contributed by atoms with Gasteiger partial charge in [-0.05, 0) is 25.7 Å². The Labute approximate surface area is 127 Å². The number of carboxylic acid groups (broad SMARTS) is 1. The highest BCUT2D eigenvalue weighted by Crippen LogP contribution is 2.27. The van der Waals surface area contributed by atoms with E-state index in [1.807, 2.05) is 0 Å². The zero-order valence-corrected chi connectivity index (χ0v) is 12.8. The Balaban J connectivity index is 2.54. The molecule has 0 aromatic carbocycles. The number of carbonyl (C=O) groups excluding carboxylic acids is 2. The number of aliphatic carboxylic acids is 1. The van der Waals surface area contributed by atoms with Crippen LogP contribution in [-0.2, 0) is 19.2 Å². The highest BCUT2D eigenvalue weighted by molar-refractivity contribution is 6.67. The largest absolute Gasteiger partial charge is 0.476 e. The van der Waals surface area contributed by atoms with Crippen LogP contribution in [0.2, 0.25) is 0 Å². The third-order valence-electron chi connectivity index (χ3n) is 3.35. The lowest BCUT2D eigenvalue weighted by molar-refractivity contribution is -0.135. The monoisotopic (exact) mass is 318 g/mol. The van der Waals surface area contributed by atoms with E-state index in [1.54, 1.807) is 19.0 Å². The minimum atomic E-state index is -1.46. The average Bonchev–Trinajstić information content (AvgIpc) is 2.46. The molecular formula is C13H19ClN2O5. The van der Waals surface area contributed by atoms with Crippen LogP contribution < -0.4 is 0 Å². The van der Waals surface area contributed by atoms with Gasteiger partial charge in [0.15, 0.2) is 0 Å². The number of hydrogen-bond acceptors (Lipinski definition) is 5. The van der Waals surface area contributed by atoms with Gasteiger partial charge in [0.25, 0.3) is 0 Å². The zero-order chi connectivity index (χ0) is 16.0. The Kier molecular flexibility index (Phi) is 6.61. The van der Waals surface area contributed by atoms with Crippen molar-refractivity contribution in [3.05, 3.63) is 0 Å². The van der Waals surface area contributed by atoms with Crippen LogP contribution in [0.4, 0.5) is 0 Å². The summed E-state index contributed by atoms with van der Waals surface area (Å²) in [5.74, 6) is -2.66. The molecule has 1 saturated carbocycles. The lowest BCUT2D eigenvalue weighted by atomic mass is 9.86. The van der Waals surface area contributed by atoms with Crippen molar-refractivity contribution in [2.75, 3.05) is 20.0 Å². The molecular weight excluding hydrogens is 300 g/mol. The first-order chi connectivity index (χ1) is 9.86. The second-order valence-corrected chi connectivity index (χ2v) is 5.38. The molecule has 1 rings (SSSR count). The van der Waals surface area contributed by atoms with E-state index < -0.39 is 23.3 Å². The van der Waals surface area contributed by atoms with Gasteiger partial charge in [-0.1, -0.05) is 5.16 Å². The van der Waals surface area contributed by atoms with Crippen LogP contribution in [0, 0.1) is 5.92 Å². The highest BCUT2D eigenvalue weighted by Gasteiger charge is 2.29. The second-order valence-electron chi connectivity index (χ2n) is 5.11. The fraction of sp³-hybridized carbons (Fsp3) is 0.692. The van der Waals surface area contributed by atoms with Crippen molar-refractivity contribution in [1.29, 1.82) is 0 Å². The van der Waals surface area contributed by atoms with Crippen LogP contribution in [0.5, 0.6) is 0 Å². The van der Waals surface area contributed by atoms with E-state index in [2.05, 4.69) is 5.16 Å². The molecule has 1 amide bonds. The molecule has 1 aliphatic rings. The topological polar surface area (TPSA) is 96.3 Å². The first-order valence-corrected chi connectivity index (χ1v) is 7.17. The molecule has 0 radical (unpaired) electrons. The van der Waals surface area contributed by atoms with Gasteiger partial charge >= 0.3 is 5.97 Å². The first-order valence-electron chi connectivity index (χ1n) is 6.64. The predicted octanol–water partition coefficient (Wildman–Crippen LogP) is 0.898. The number of hydrogen-bond donors (Lipinski definition) is 1.